The molecule has 1 radical (unpaired) electrons. The maximum absolute atomic E-state index is 5.99. The number of fused-ring (bicyclic) bond motifs is 1. The number of rotatable bonds is 3. The van der Waals surface area contributed by atoms with Crippen LogP contribution in [-0.2, 0) is 11.3 Å². The van der Waals surface area contributed by atoms with Crippen molar-refractivity contribution in [1.29, 1.82) is 0 Å². The molecule has 89 valence electrons. The summed E-state index contributed by atoms with van der Waals surface area (Å²) in [5, 5.41) is 0. The Morgan fingerprint density at radius 3 is 2.56 bits per heavy atom. The molecule has 3 rings (SSSR count). The molecule has 0 spiro atoms. The van der Waals surface area contributed by atoms with E-state index in [9.17, 15) is 0 Å². The van der Waals surface area contributed by atoms with Crippen LogP contribution in [0.2, 0.25) is 0 Å². The second-order valence-electron chi connectivity index (χ2n) is 4.40. The summed E-state index contributed by atoms with van der Waals surface area (Å²) in [6, 6.07) is 18.6. The van der Waals surface area contributed by atoms with E-state index in [1.165, 1.54) is 16.7 Å². The van der Waals surface area contributed by atoms with Crippen LogP contribution >= 0.6 is 0 Å². The Balaban J connectivity index is 1.74. The summed E-state index contributed by atoms with van der Waals surface area (Å²) in [5.74, 6) is 0. The van der Waals surface area contributed by atoms with Crippen LogP contribution in [0.25, 0.3) is 0 Å². The van der Waals surface area contributed by atoms with Crippen molar-refractivity contribution in [3.8, 4) is 0 Å². The van der Waals surface area contributed by atoms with E-state index in [0.717, 1.165) is 0 Å². The molecule has 0 aliphatic heterocycles. The fourth-order valence-corrected chi connectivity index (χ4v) is 2.19. The van der Waals surface area contributed by atoms with Gasteiger partial charge in [0.25, 0.3) is 0 Å². The average molecular weight is 235 g/mol. The third-order valence-corrected chi connectivity index (χ3v) is 3.14. The van der Waals surface area contributed by atoms with Crippen molar-refractivity contribution in [2.24, 2.45) is 0 Å². The van der Waals surface area contributed by atoms with Gasteiger partial charge in [-0.1, -0.05) is 66.7 Å². The first-order valence-electron chi connectivity index (χ1n) is 6.19. The second kappa shape index (κ2) is 5.19. The molecule has 0 saturated carbocycles. The maximum atomic E-state index is 5.99. The maximum Gasteiger partial charge on any atom is 0.101 e. The molecular formula is C17H15O. The zero-order chi connectivity index (χ0) is 12.2. The molecule has 1 aliphatic carbocycles. The molecule has 1 atom stereocenters. The molecule has 0 fully saturated rings. The second-order valence-corrected chi connectivity index (χ2v) is 4.40. The van der Waals surface area contributed by atoms with Crippen LogP contribution in [-0.4, -0.2) is 0 Å². The highest BCUT2D eigenvalue weighted by atomic mass is 16.5. The van der Waals surface area contributed by atoms with Crippen molar-refractivity contribution in [3.63, 3.8) is 0 Å². The predicted molar refractivity (Wildman–Crippen MR) is 73.0 cm³/mol. The molecule has 1 aliphatic rings. The van der Waals surface area contributed by atoms with Crippen LogP contribution < -0.4 is 0 Å². The molecule has 0 heterocycles. The molecule has 2 aromatic rings. The van der Waals surface area contributed by atoms with E-state index in [2.05, 4.69) is 55.0 Å². The first-order chi connectivity index (χ1) is 8.93. The minimum Gasteiger partial charge on any atom is -0.365 e. The van der Waals surface area contributed by atoms with E-state index in [1.807, 2.05) is 18.2 Å². The largest absolute Gasteiger partial charge is 0.365 e. The number of allylic oxidation sites excluding steroid dienone is 1. The number of benzene rings is 2. The van der Waals surface area contributed by atoms with Crippen molar-refractivity contribution in [1.82, 2.24) is 0 Å². The Morgan fingerprint density at radius 2 is 1.67 bits per heavy atom. The molecule has 0 N–H and O–H groups in total. The van der Waals surface area contributed by atoms with E-state index < -0.39 is 0 Å². The van der Waals surface area contributed by atoms with Gasteiger partial charge in [0.1, 0.15) is 6.10 Å². The van der Waals surface area contributed by atoms with Gasteiger partial charge in [0.15, 0.2) is 0 Å². The summed E-state index contributed by atoms with van der Waals surface area (Å²) < 4.78 is 5.99. The summed E-state index contributed by atoms with van der Waals surface area (Å²) in [4.78, 5) is 0. The van der Waals surface area contributed by atoms with E-state index in [1.54, 1.807) is 0 Å². The molecule has 0 amide bonds. The minimum atomic E-state index is 0.0615. The summed E-state index contributed by atoms with van der Waals surface area (Å²) in [7, 11) is 0. The van der Waals surface area contributed by atoms with Gasteiger partial charge in [0.05, 0.1) is 6.61 Å². The van der Waals surface area contributed by atoms with Gasteiger partial charge in [-0.15, -0.1) is 0 Å². The lowest BCUT2D eigenvalue weighted by molar-refractivity contribution is 0.0708. The third kappa shape index (κ3) is 2.36. The molecule has 2 aromatic carbocycles. The molecule has 0 saturated heterocycles. The van der Waals surface area contributed by atoms with Crippen molar-refractivity contribution in [2.75, 3.05) is 0 Å². The van der Waals surface area contributed by atoms with Crippen LogP contribution in [0.4, 0.5) is 0 Å². The van der Waals surface area contributed by atoms with Crippen LogP contribution in [0, 0.1) is 6.42 Å². The number of ether oxygens (including phenoxy) is 1. The first-order valence-corrected chi connectivity index (χ1v) is 6.19. The Hall–Kier alpha value is -1.86. The van der Waals surface area contributed by atoms with Gasteiger partial charge in [-0.2, -0.15) is 0 Å². The average Bonchev–Trinajstić information content (AvgIpc) is 2.46. The molecule has 1 nitrogen and oxygen atoms in total. The van der Waals surface area contributed by atoms with Gasteiger partial charge in [0, 0.05) is 6.42 Å². The van der Waals surface area contributed by atoms with Crippen LogP contribution in [0.1, 0.15) is 22.8 Å². The zero-order valence-electron chi connectivity index (χ0n) is 10.1. The number of hydrogen-bond donors (Lipinski definition) is 0. The highest BCUT2D eigenvalue weighted by molar-refractivity contribution is 5.43. The van der Waals surface area contributed by atoms with Gasteiger partial charge in [-0.05, 0) is 16.7 Å². The lowest BCUT2D eigenvalue weighted by atomic mass is 9.95. The quantitative estimate of drug-likeness (QED) is 0.779. The van der Waals surface area contributed by atoms with Gasteiger partial charge in [0.2, 0.25) is 0 Å². The van der Waals surface area contributed by atoms with Gasteiger partial charge in [-0.3, -0.25) is 0 Å². The fourth-order valence-electron chi connectivity index (χ4n) is 2.19. The topological polar surface area (TPSA) is 9.23 Å². The summed E-state index contributed by atoms with van der Waals surface area (Å²) >= 11 is 0. The monoisotopic (exact) mass is 235 g/mol. The Bertz CT molecular complexity index is 543. The van der Waals surface area contributed by atoms with Gasteiger partial charge >= 0.3 is 0 Å². The fraction of sp³-hybridized carbons (Fsp3) is 0.118. The lowest BCUT2D eigenvalue weighted by Crippen LogP contribution is -2.07. The van der Waals surface area contributed by atoms with E-state index >= 15 is 0 Å². The van der Waals surface area contributed by atoms with Crippen molar-refractivity contribution in [3.05, 3.63) is 89.9 Å². The van der Waals surface area contributed by atoms with Crippen LogP contribution in [0.5, 0.6) is 0 Å². The SMILES string of the molecule is [CH]1C=CC(OCc2ccccc2)c2ccccc21. The summed E-state index contributed by atoms with van der Waals surface area (Å²) in [5.41, 5.74) is 3.70. The molecule has 0 aromatic heterocycles. The van der Waals surface area contributed by atoms with E-state index in [-0.39, 0.29) is 6.10 Å². The van der Waals surface area contributed by atoms with Crippen molar-refractivity contribution in [2.45, 2.75) is 12.7 Å². The predicted octanol–water partition coefficient (Wildman–Crippen LogP) is 4.07. The normalized spacial score (nSPS) is 17.4. The lowest BCUT2D eigenvalue weighted by Gasteiger charge is -2.21. The minimum absolute atomic E-state index is 0.0615. The molecule has 1 heteroatoms. The van der Waals surface area contributed by atoms with Gasteiger partial charge in [-0.25, -0.2) is 0 Å². The summed E-state index contributed by atoms with van der Waals surface area (Å²) in [6.45, 7) is 0.643. The first kappa shape index (κ1) is 11.2. The zero-order valence-corrected chi connectivity index (χ0v) is 10.1. The molecule has 18 heavy (non-hydrogen) atoms. The Morgan fingerprint density at radius 1 is 0.889 bits per heavy atom. The summed E-state index contributed by atoms with van der Waals surface area (Å²) in [6.07, 6.45) is 6.35. The number of hydrogen-bond acceptors (Lipinski definition) is 1. The Kier molecular flexibility index (Phi) is 3.24. The van der Waals surface area contributed by atoms with E-state index in [4.69, 9.17) is 4.74 Å². The molecule has 0 bridgehead atoms. The Labute approximate surface area is 108 Å². The highest BCUT2D eigenvalue weighted by Crippen LogP contribution is 2.29. The third-order valence-electron chi connectivity index (χ3n) is 3.14. The molecule has 1 unspecified atom stereocenters. The molecular weight excluding hydrogens is 220 g/mol. The standard InChI is InChI=1S/C17H15O/c1-2-7-14(8-3-1)13-18-17-12-6-10-15-9-4-5-11-16(15)17/h1-12,17H,13H2. The van der Waals surface area contributed by atoms with Crippen molar-refractivity contribution >= 4 is 0 Å². The highest BCUT2D eigenvalue weighted by Gasteiger charge is 2.15. The van der Waals surface area contributed by atoms with Crippen LogP contribution in [0.15, 0.2) is 66.7 Å². The van der Waals surface area contributed by atoms with Crippen LogP contribution in [0.3, 0.4) is 0 Å². The van der Waals surface area contributed by atoms with Crippen molar-refractivity contribution < 1.29 is 4.74 Å². The van der Waals surface area contributed by atoms with E-state index in [0.29, 0.717) is 6.61 Å². The van der Waals surface area contributed by atoms with Gasteiger partial charge < -0.3 is 4.74 Å². The smallest absolute Gasteiger partial charge is 0.101 e.